The van der Waals surface area contributed by atoms with E-state index in [1.165, 1.54) is 0 Å². The number of amides is 1. The molecule has 19 heavy (non-hydrogen) atoms. The van der Waals surface area contributed by atoms with E-state index in [9.17, 15) is 4.79 Å². The van der Waals surface area contributed by atoms with Crippen molar-refractivity contribution in [3.63, 3.8) is 0 Å². The van der Waals surface area contributed by atoms with Crippen LogP contribution in [-0.2, 0) is 0 Å². The van der Waals surface area contributed by atoms with Crippen LogP contribution in [0.2, 0.25) is 0 Å². The van der Waals surface area contributed by atoms with Crippen molar-refractivity contribution in [3.8, 4) is 0 Å². The first-order valence-corrected chi connectivity index (χ1v) is 8.04. The van der Waals surface area contributed by atoms with E-state index in [1.807, 2.05) is 12.1 Å². The van der Waals surface area contributed by atoms with Crippen LogP contribution in [0.5, 0.6) is 0 Å². The Labute approximate surface area is 119 Å². The van der Waals surface area contributed by atoms with Gasteiger partial charge in [0.15, 0.2) is 0 Å². The summed E-state index contributed by atoms with van der Waals surface area (Å²) < 4.78 is 0. The SMILES string of the molecule is CCCNc1cccc(C(=O)NCC(C)CSC)n1. The second kappa shape index (κ2) is 8.80. The van der Waals surface area contributed by atoms with E-state index >= 15 is 0 Å². The van der Waals surface area contributed by atoms with Gasteiger partial charge in [0.25, 0.3) is 5.91 Å². The van der Waals surface area contributed by atoms with Gasteiger partial charge in [0.2, 0.25) is 0 Å². The Bertz CT molecular complexity index is 398. The lowest BCUT2D eigenvalue weighted by Gasteiger charge is -2.11. The zero-order valence-corrected chi connectivity index (χ0v) is 12.7. The number of hydrogen-bond donors (Lipinski definition) is 2. The lowest BCUT2D eigenvalue weighted by atomic mass is 10.2. The van der Waals surface area contributed by atoms with Gasteiger partial charge in [-0.2, -0.15) is 11.8 Å². The highest BCUT2D eigenvalue weighted by Crippen LogP contribution is 2.06. The quantitative estimate of drug-likeness (QED) is 0.769. The standard InChI is InChI=1S/C14H23N3OS/c1-4-8-15-13-7-5-6-12(17-13)14(18)16-9-11(2)10-19-3/h5-7,11H,4,8-10H2,1-3H3,(H,15,17)(H,16,18). The molecule has 5 heteroatoms. The third-order valence-electron chi connectivity index (χ3n) is 2.60. The third-order valence-corrected chi connectivity index (χ3v) is 3.50. The topological polar surface area (TPSA) is 54.0 Å². The molecular weight excluding hydrogens is 258 g/mol. The summed E-state index contributed by atoms with van der Waals surface area (Å²) in [6.45, 7) is 5.77. The van der Waals surface area contributed by atoms with Gasteiger partial charge in [0, 0.05) is 13.1 Å². The van der Waals surface area contributed by atoms with E-state index in [0.29, 0.717) is 18.2 Å². The minimum absolute atomic E-state index is 0.104. The van der Waals surface area contributed by atoms with Gasteiger partial charge < -0.3 is 10.6 Å². The zero-order valence-electron chi connectivity index (χ0n) is 11.9. The van der Waals surface area contributed by atoms with E-state index in [2.05, 4.69) is 35.7 Å². The molecule has 1 atom stereocenters. The fourth-order valence-electron chi connectivity index (χ4n) is 1.61. The minimum atomic E-state index is -0.104. The molecule has 1 rings (SSSR count). The number of pyridine rings is 1. The molecule has 1 aromatic rings. The molecule has 1 aromatic heterocycles. The highest BCUT2D eigenvalue weighted by Gasteiger charge is 2.09. The number of nitrogens with one attached hydrogen (secondary N) is 2. The average molecular weight is 281 g/mol. The Balaban J connectivity index is 2.51. The second-order valence-corrected chi connectivity index (χ2v) is 5.52. The van der Waals surface area contributed by atoms with Crippen molar-refractivity contribution in [2.24, 2.45) is 5.92 Å². The second-order valence-electron chi connectivity index (χ2n) is 4.61. The highest BCUT2D eigenvalue weighted by atomic mass is 32.2. The Kier molecular flexibility index (Phi) is 7.33. The summed E-state index contributed by atoms with van der Waals surface area (Å²) in [5.41, 5.74) is 0.470. The number of carbonyl (C=O) groups is 1. The molecule has 1 amide bonds. The van der Waals surface area contributed by atoms with Crippen LogP contribution in [0.1, 0.15) is 30.8 Å². The Morgan fingerprint density at radius 3 is 2.95 bits per heavy atom. The smallest absolute Gasteiger partial charge is 0.269 e. The minimum Gasteiger partial charge on any atom is -0.370 e. The van der Waals surface area contributed by atoms with E-state index in [4.69, 9.17) is 0 Å². The van der Waals surface area contributed by atoms with Gasteiger partial charge >= 0.3 is 0 Å². The summed E-state index contributed by atoms with van der Waals surface area (Å²) in [6.07, 6.45) is 3.10. The molecule has 0 saturated carbocycles. The van der Waals surface area contributed by atoms with E-state index < -0.39 is 0 Å². The number of carbonyl (C=O) groups excluding carboxylic acids is 1. The predicted octanol–water partition coefficient (Wildman–Crippen LogP) is 2.63. The van der Waals surface area contributed by atoms with Crippen LogP contribution >= 0.6 is 11.8 Å². The summed E-state index contributed by atoms with van der Waals surface area (Å²) in [6, 6.07) is 5.47. The summed E-state index contributed by atoms with van der Waals surface area (Å²) >= 11 is 1.79. The van der Waals surface area contributed by atoms with Gasteiger partial charge in [0.1, 0.15) is 11.5 Å². The number of nitrogens with zero attached hydrogens (tertiary/aromatic N) is 1. The number of rotatable bonds is 8. The molecule has 1 heterocycles. The van der Waals surface area contributed by atoms with E-state index in [0.717, 1.165) is 24.5 Å². The molecule has 0 saturated heterocycles. The van der Waals surface area contributed by atoms with Crippen LogP contribution in [0.3, 0.4) is 0 Å². The predicted molar refractivity (Wildman–Crippen MR) is 82.9 cm³/mol. The van der Waals surface area contributed by atoms with Gasteiger partial charge in [-0.15, -0.1) is 0 Å². The van der Waals surface area contributed by atoms with Crippen molar-refractivity contribution in [1.29, 1.82) is 0 Å². The maximum Gasteiger partial charge on any atom is 0.269 e. The first-order chi connectivity index (χ1) is 9.17. The molecule has 2 N–H and O–H groups in total. The van der Waals surface area contributed by atoms with Gasteiger partial charge in [-0.3, -0.25) is 4.79 Å². The van der Waals surface area contributed by atoms with Crippen molar-refractivity contribution in [1.82, 2.24) is 10.3 Å². The third kappa shape index (κ3) is 5.96. The van der Waals surface area contributed by atoms with Crippen LogP contribution in [-0.4, -0.2) is 36.0 Å². The van der Waals surface area contributed by atoms with Crippen molar-refractivity contribution >= 4 is 23.5 Å². The molecule has 1 unspecified atom stereocenters. The van der Waals surface area contributed by atoms with Gasteiger partial charge in [-0.05, 0) is 36.5 Å². The average Bonchev–Trinajstić information content (AvgIpc) is 2.43. The summed E-state index contributed by atoms with van der Waals surface area (Å²) in [4.78, 5) is 16.3. The molecule has 0 aromatic carbocycles. The van der Waals surface area contributed by atoms with Gasteiger partial charge in [0.05, 0.1) is 0 Å². The molecule has 0 spiro atoms. The first kappa shape index (κ1) is 15.8. The van der Waals surface area contributed by atoms with Gasteiger partial charge in [-0.1, -0.05) is 19.9 Å². The monoisotopic (exact) mass is 281 g/mol. The molecule has 0 aliphatic carbocycles. The molecule has 0 radical (unpaired) electrons. The molecule has 0 fully saturated rings. The number of hydrogen-bond acceptors (Lipinski definition) is 4. The van der Waals surface area contributed by atoms with Crippen molar-refractivity contribution in [2.45, 2.75) is 20.3 Å². The molecule has 0 aliphatic rings. The Hall–Kier alpha value is -1.23. The van der Waals surface area contributed by atoms with Crippen LogP contribution in [0, 0.1) is 5.92 Å². The molecule has 0 aliphatic heterocycles. The highest BCUT2D eigenvalue weighted by molar-refractivity contribution is 7.98. The largest absolute Gasteiger partial charge is 0.370 e. The van der Waals surface area contributed by atoms with Crippen molar-refractivity contribution in [3.05, 3.63) is 23.9 Å². The summed E-state index contributed by atoms with van der Waals surface area (Å²) in [5.74, 6) is 2.17. The fraction of sp³-hybridized carbons (Fsp3) is 0.571. The number of aromatic nitrogens is 1. The maximum absolute atomic E-state index is 12.0. The summed E-state index contributed by atoms with van der Waals surface area (Å²) in [5, 5.41) is 6.10. The van der Waals surface area contributed by atoms with E-state index in [-0.39, 0.29) is 5.91 Å². The van der Waals surface area contributed by atoms with Crippen LogP contribution in [0.4, 0.5) is 5.82 Å². The lowest BCUT2D eigenvalue weighted by Crippen LogP contribution is -2.29. The first-order valence-electron chi connectivity index (χ1n) is 6.65. The number of anilines is 1. The maximum atomic E-state index is 12.0. The van der Waals surface area contributed by atoms with Crippen molar-refractivity contribution < 1.29 is 4.79 Å². The molecular formula is C14H23N3OS. The number of thioether (sulfide) groups is 1. The zero-order chi connectivity index (χ0) is 14.1. The Morgan fingerprint density at radius 1 is 1.47 bits per heavy atom. The van der Waals surface area contributed by atoms with Crippen molar-refractivity contribution in [2.75, 3.05) is 30.4 Å². The van der Waals surface area contributed by atoms with E-state index in [1.54, 1.807) is 17.8 Å². The summed E-state index contributed by atoms with van der Waals surface area (Å²) in [7, 11) is 0. The molecule has 4 nitrogen and oxygen atoms in total. The lowest BCUT2D eigenvalue weighted by molar-refractivity contribution is 0.0944. The van der Waals surface area contributed by atoms with Crippen LogP contribution in [0.15, 0.2) is 18.2 Å². The molecule has 0 bridgehead atoms. The molecule has 106 valence electrons. The Morgan fingerprint density at radius 2 is 2.26 bits per heavy atom. The normalized spacial score (nSPS) is 11.9. The fourth-order valence-corrected chi connectivity index (χ4v) is 2.30. The van der Waals surface area contributed by atoms with Crippen LogP contribution in [0.25, 0.3) is 0 Å². The van der Waals surface area contributed by atoms with Gasteiger partial charge in [-0.25, -0.2) is 4.98 Å². The van der Waals surface area contributed by atoms with Crippen LogP contribution < -0.4 is 10.6 Å².